The number of rotatable bonds is 7. The smallest absolute Gasteiger partial charge is 0.191 e. The lowest BCUT2D eigenvalue weighted by Gasteiger charge is -2.16. The molecule has 1 rings (SSSR count). The Balaban J connectivity index is 0.00000400. The zero-order valence-electron chi connectivity index (χ0n) is 13.5. The van der Waals surface area contributed by atoms with E-state index >= 15 is 0 Å². The molecular formula is C16H28IN3O. The first kappa shape index (κ1) is 20.2. The molecule has 0 aliphatic heterocycles. The first-order chi connectivity index (χ1) is 9.67. The molecule has 0 saturated carbocycles. The van der Waals surface area contributed by atoms with Gasteiger partial charge in [0.25, 0.3) is 0 Å². The second kappa shape index (κ2) is 11.8. The van der Waals surface area contributed by atoms with Gasteiger partial charge in [0.05, 0.1) is 6.61 Å². The molecule has 0 spiro atoms. The van der Waals surface area contributed by atoms with Gasteiger partial charge in [0, 0.05) is 26.7 Å². The summed E-state index contributed by atoms with van der Waals surface area (Å²) in [5, 5.41) is 6.58. The summed E-state index contributed by atoms with van der Waals surface area (Å²) in [6.07, 6.45) is 0. The number of nitrogens with zero attached hydrogens (tertiary/aromatic N) is 1. The Morgan fingerprint density at radius 3 is 2.71 bits per heavy atom. The molecule has 120 valence electrons. The first-order valence-electron chi connectivity index (χ1n) is 7.26. The lowest BCUT2D eigenvalue weighted by Crippen LogP contribution is -2.40. The Labute approximate surface area is 145 Å². The maximum absolute atomic E-state index is 5.29. The summed E-state index contributed by atoms with van der Waals surface area (Å²) in [7, 11) is 1.79. The third-order valence-corrected chi connectivity index (χ3v) is 3.15. The van der Waals surface area contributed by atoms with Crippen molar-refractivity contribution in [2.24, 2.45) is 4.99 Å². The van der Waals surface area contributed by atoms with Gasteiger partial charge in [0.2, 0.25) is 0 Å². The van der Waals surface area contributed by atoms with Crippen LogP contribution in [-0.2, 0) is 4.74 Å². The van der Waals surface area contributed by atoms with Crippen molar-refractivity contribution in [3.8, 4) is 0 Å². The second-order valence-corrected chi connectivity index (χ2v) is 4.89. The minimum absolute atomic E-state index is 0. The van der Waals surface area contributed by atoms with Crippen molar-refractivity contribution in [2.45, 2.75) is 26.7 Å². The Morgan fingerprint density at radius 1 is 1.33 bits per heavy atom. The van der Waals surface area contributed by atoms with Crippen molar-refractivity contribution in [3.05, 3.63) is 35.4 Å². The van der Waals surface area contributed by atoms with E-state index in [1.54, 1.807) is 7.05 Å². The van der Waals surface area contributed by atoms with Crippen LogP contribution in [0.15, 0.2) is 29.3 Å². The lowest BCUT2D eigenvalue weighted by molar-refractivity contribution is 0.152. The molecule has 4 nitrogen and oxygen atoms in total. The van der Waals surface area contributed by atoms with Crippen molar-refractivity contribution in [1.82, 2.24) is 10.6 Å². The van der Waals surface area contributed by atoms with Crippen LogP contribution < -0.4 is 10.6 Å². The molecule has 0 saturated heterocycles. The number of aliphatic imine (C=N–C) groups is 1. The van der Waals surface area contributed by atoms with Crippen molar-refractivity contribution in [2.75, 3.05) is 33.4 Å². The number of halogens is 1. The maximum atomic E-state index is 5.29. The Kier molecular flexibility index (Phi) is 11.3. The highest BCUT2D eigenvalue weighted by Gasteiger charge is 2.06. The topological polar surface area (TPSA) is 45.6 Å². The number of aryl methyl sites for hydroxylation is 1. The van der Waals surface area contributed by atoms with E-state index in [-0.39, 0.29) is 24.0 Å². The third kappa shape index (κ3) is 8.26. The largest absolute Gasteiger partial charge is 0.380 e. The Bertz CT molecular complexity index is 424. The molecule has 2 N–H and O–H groups in total. The average molecular weight is 405 g/mol. The normalized spacial score (nSPS) is 12.5. The van der Waals surface area contributed by atoms with Crippen LogP contribution in [0.2, 0.25) is 0 Å². The predicted molar refractivity (Wildman–Crippen MR) is 101 cm³/mol. The van der Waals surface area contributed by atoms with Gasteiger partial charge >= 0.3 is 0 Å². The summed E-state index contributed by atoms with van der Waals surface area (Å²) >= 11 is 0. The van der Waals surface area contributed by atoms with Crippen molar-refractivity contribution >= 4 is 29.9 Å². The molecule has 5 heteroatoms. The fourth-order valence-electron chi connectivity index (χ4n) is 1.95. The highest BCUT2D eigenvalue weighted by Crippen LogP contribution is 2.15. The van der Waals surface area contributed by atoms with E-state index in [1.807, 2.05) is 6.92 Å². The van der Waals surface area contributed by atoms with E-state index in [9.17, 15) is 0 Å². The van der Waals surface area contributed by atoms with Crippen LogP contribution in [0.1, 0.15) is 30.9 Å². The average Bonchev–Trinajstić information content (AvgIpc) is 2.46. The van der Waals surface area contributed by atoms with Crippen LogP contribution in [0, 0.1) is 6.92 Å². The quantitative estimate of drug-likeness (QED) is 0.317. The SMILES string of the molecule is CCOCCNC(=NC)NCC(C)c1cccc(C)c1.I. The number of guanidine groups is 1. The highest BCUT2D eigenvalue weighted by molar-refractivity contribution is 14.0. The molecule has 0 fully saturated rings. The molecule has 1 atom stereocenters. The van der Waals surface area contributed by atoms with Crippen LogP contribution in [0.4, 0.5) is 0 Å². The van der Waals surface area contributed by atoms with Crippen LogP contribution in [0.3, 0.4) is 0 Å². The molecule has 21 heavy (non-hydrogen) atoms. The van der Waals surface area contributed by atoms with Crippen LogP contribution in [0.25, 0.3) is 0 Å². The van der Waals surface area contributed by atoms with Gasteiger partial charge in [-0.3, -0.25) is 4.99 Å². The Morgan fingerprint density at radius 2 is 2.10 bits per heavy atom. The fraction of sp³-hybridized carbons (Fsp3) is 0.562. The highest BCUT2D eigenvalue weighted by atomic mass is 127. The molecule has 0 heterocycles. The summed E-state index contributed by atoms with van der Waals surface area (Å²) in [5.41, 5.74) is 2.65. The van der Waals surface area contributed by atoms with Crippen LogP contribution in [-0.4, -0.2) is 39.3 Å². The predicted octanol–water partition coefficient (Wildman–Crippen LogP) is 2.92. The van der Waals surface area contributed by atoms with Gasteiger partial charge in [-0.15, -0.1) is 24.0 Å². The lowest BCUT2D eigenvalue weighted by atomic mass is 9.99. The minimum atomic E-state index is 0. The van der Waals surface area contributed by atoms with Gasteiger partial charge in [-0.1, -0.05) is 36.8 Å². The van der Waals surface area contributed by atoms with E-state index < -0.39 is 0 Å². The molecule has 0 aliphatic carbocycles. The molecule has 0 amide bonds. The van der Waals surface area contributed by atoms with Crippen LogP contribution in [0.5, 0.6) is 0 Å². The monoisotopic (exact) mass is 405 g/mol. The number of nitrogens with one attached hydrogen (secondary N) is 2. The molecule has 1 aromatic rings. The third-order valence-electron chi connectivity index (χ3n) is 3.15. The minimum Gasteiger partial charge on any atom is -0.380 e. The maximum Gasteiger partial charge on any atom is 0.191 e. The molecule has 0 aromatic heterocycles. The Hall–Kier alpha value is -0.820. The van der Waals surface area contributed by atoms with E-state index in [2.05, 4.69) is 53.7 Å². The fourth-order valence-corrected chi connectivity index (χ4v) is 1.95. The van der Waals surface area contributed by atoms with Gasteiger partial charge in [0.1, 0.15) is 0 Å². The summed E-state index contributed by atoms with van der Waals surface area (Å²) < 4.78 is 5.29. The molecule has 0 aliphatic rings. The summed E-state index contributed by atoms with van der Waals surface area (Å²) in [4.78, 5) is 4.21. The number of ether oxygens (including phenoxy) is 1. The van der Waals surface area contributed by atoms with E-state index in [0.717, 1.165) is 25.7 Å². The summed E-state index contributed by atoms with van der Waals surface area (Å²) in [6, 6.07) is 8.64. The summed E-state index contributed by atoms with van der Waals surface area (Å²) in [6.45, 7) is 9.41. The number of hydrogen-bond acceptors (Lipinski definition) is 2. The molecule has 0 radical (unpaired) electrons. The van der Waals surface area contributed by atoms with Gasteiger partial charge in [0.15, 0.2) is 5.96 Å². The standard InChI is InChI=1S/C16H27N3O.HI/c1-5-20-10-9-18-16(17-4)19-12-14(3)15-8-6-7-13(2)11-15;/h6-8,11,14H,5,9-10,12H2,1-4H3,(H2,17,18,19);1H. The first-order valence-corrected chi connectivity index (χ1v) is 7.26. The summed E-state index contributed by atoms with van der Waals surface area (Å²) in [5.74, 6) is 1.27. The molecule has 1 aromatic carbocycles. The van der Waals surface area contributed by atoms with Crippen molar-refractivity contribution < 1.29 is 4.74 Å². The van der Waals surface area contributed by atoms with E-state index in [4.69, 9.17) is 4.74 Å². The van der Waals surface area contributed by atoms with Crippen molar-refractivity contribution in [3.63, 3.8) is 0 Å². The molecule has 1 unspecified atom stereocenters. The molecule has 0 bridgehead atoms. The van der Waals surface area contributed by atoms with Crippen molar-refractivity contribution in [1.29, 1.82) is 0 Å². The van der Waals surface area contributed by atoms with Gasteiger partial charge in [-0.25, -0.2) is 0 Å². The zero-order valence-corrected chi connectivity index (χ0v) is 15.8. The zero-order chi connectivity index (χ0) is 14.8. The van der Waals surface area contributed by atoms with E-state index in [0.29, 0.717) is 12.5 Å². The van der Waals surface area contributed by atoms with Gasteiger partial charge in [-0.05, 0) is 25.3 Å². The second-order valence-electron chi connectivity index (χ2n) is 4.89. The van der Waals surface area contributed by atoms with Gasteiger partial charge in [-0.2, -0.15) is 0 Å². The number of benzene rings is 1. The van der Waals surface area contributed by atoms with Crippen LogP contribution >= 0.6 is 24.0 Å². The molecular weight excluding hydrogens is 377 g/mol. The van der Waals surface area contributed by atoms with Gasteiger partial charge < -0.3 is 15.4 Å². The van der Waals surface area contributed by atoms with E-state index in [1.165, 1.54) is 11.1 Å². The number of hydrogen-bond donors (Lipinski definition) is 2.